The standard InChI is InChI=1S/C9H12F3NO3/c10-9(11,12)7(16)13-5-8(2-1-3-8)4-6(14)15/h1-5H2,(H,13,16)(H,14,15). The SMILES string of the molecule is O=C(O)CC1(CNC(=O)C(F)(F)F)CCC1. The van der Waals surface area contributed by atoms with E-state index in [9.17, 15) is 22.8 Å². The second kappa shape index (κ2) is 4.31. The molecule has 0 bridgehead atoms. The summed E-state index contributed by atoms with van der Waals surface area (Å²) in [6, 6.07) is 0. The summed E-state index contributed by atoms with van der Waals surface area (Å²) in [5, 5.41) is 10.3. The highest BCUT2D eigenvalue weighted by Crippen LogP contribution is 2.43. The van der Waals surface area contributed by atoms with Crippen molar-refractivity contribution in [3.8, 4) is 0 Å². The van der Waals surface area contributed by atoms with Gasteiger partial charge in [0.2, 0.25) is 0 Å². The molecular formula is C9H12F3NO3. The van der Waals surface area contributed by atoms with Crippen LogP contribution in [0.2, 0.25) is 0 Å². The topological polar surface area (TPSA) is 66.4 Å². The summed E-state index contributed by atoms with van der Waals surface area (Å²) in [6.45, 7) is -0.225. The van der Waals surface area contributed by atoms with Gasteiger partial charge in [0, 0.05) is 6.54 Å². The Morgan fingerprint density at radius 2 is 1.88 bits per heavy atom. The van der Waals surface area contributed by atoms with Gasteiger partial charge in [-0.1, -0.05) is 6.42 Å². The Labute approximate surface area is 89.8 Å². The van der Waals surface area contributed by atoms with E-state index in [0.717, 1.165) is 6.42 Å². The van der Waals surface area contributed by atoms with Gasteiger partial charge in [-0.3, -0.25) is 9.59 Å². The Kier molecular flexibility index (Phi) is 3.44. The average Bonchev–Trinajstić information content (AvgIpc) is 2.06. The van der Waals surface area contributed by atoms with Crippen LogP contribution in [0.5, 0.6) is 0 Å². The molecule has 0 heterocycles. The van der Waals surface area contributed by atoms with Crippen molar-refractivity contribution in [1.29, 1.82) is 0 Å². The number of aliphatic carboxylic acids is 1. The summed E-state index contributed by atoms with van der Waals surface area (Å²) < 4.78 is 35.6. The van der Waals surface area contributed by atoms with Gasteiger partial charge in [0.1, 0.15) is 0 Å². The van der Waals surface area contributed by atoms with Crippen LogP contribution >= 0.6 is 0 Å². The molecule has 0 atom stereocenters. The van der Waals surface area contributed by atoms with Gasteiger partial charge < -0.3 is 10.4 Å². The molecule has 0 radical (unpaired) electrons. The van der Waals surface area contributed by atoms with E-state index in [-0.39, 0.29) is 13.0 Å². The third kappa shape index (κ3) is 3.11. The van der Waals surface area contributed by atoms with E-state index in [1.165, 1.54) is 0 Å². The maximum atomic E-state index is 11.9. The van der Waals surface area contributed by atoms with E-state index in [4.69, 9.17) is 5.11 Å². The highest BCUT2D eigenvalue weighted by molar-refractivity contribution is 5.81. The smallest absolute Gasteiger partial charge is 0.471 e. The molecule has 0 spiro atoms. The zero-order valence-electron chi connectivity index (χ0n) is 8.43. The zero-order chi connectivity index (χ0) is 12.4. The Hall–Kier alpha value is -1.27. The van der Waals surface area contributed by atoms with Gasteiger partial charge in [-0.2, -0.15) is 13.2 Å². The van der Waals surface area contributed by atoms with Crippen molar-refractivity contribution < 1.29 is 27.9 Å². The first kappa shape index (κ1) is 12.8. The van der Waals surface area contributed by atoms with Crippen molar-refractivity contribution in [3.63, 3.8) is 0 Å². The molecule has 16 heavy (non-hydrogen) atoms. The molecule has 1 aliphatic rings. The molecule has 1 rings (SSSR count). The van der Waals surface area contributed by atoms with Crippen molar-refractivity contribution in [1.82, 2.24) is 5.32 Å². The molecule has 7 heteroatoms. The summed E-state index contributed by atoms with van der Waals surface area (Å²) in [7, 11) is 0. The van der Waals surface area contributed by atoms with Crippen LogP contribution in [0.25, 0.3) is 0 Å². The number of carboxylic acid groups (broad SMARTS) is 1. The zero-order valence-corrected chi connectivity index (χ0v) is 8.43. The number of carbonyl (C=O) groups excluding carboxylic acids is 1. The average molecular weight is 239 g/mol. The predicted octanol–water partition coefficient (Wildman–Crippen LogP) is 1.31. The van der Waals surface area contributed by atoms with E-state index >= 15 is 0 Å². The maximum absolute atomic E-state index is 11.9. The van der Waals surface area contributed by atoms with Crippen LogP contribution in [0.3, 0.4) is 0 Å². The highest BCUT2D eigenvalue weighted by Gasteiger charge is 2.43. The van der Waals surface area contributed by atoms with Crippen LogP contribution in [-0.2, 0) is 9.59 Å². The minimum absolute atomic E-state index is 0.203. The number of carboxylic acids is 1. The third-order valence-corrected chi connectivity index (χ3v) is 2.82. The number of amides is 1. The molecule has 1 aliphatic carbocycles. The lowest BCUT2D eigenvalue weighted by atomic mass is 9.66. The molecule has 1 saturated carbocycles. The molecule has 2 N–H and O–H groups in total. The van der Waals surface area contributed by atoms with Gasteiger partial charge >= 0.3 is 18.1 Å². The molecule has 0 aromatic carbocycles. The normalized spacial score (nSPS) is 18.7. The Bertz CT molecular complexity index is 297. The minimum atomic E-state index is -4.91. The summed E-state index contributed by atoms with van der Waals surface area (Å²) in [5.41, 5.74) is -0.688. The number of hydrogen-bond acceptors (Lipinski definition) is 2. The fourth-order valence-electron chi connectivity index (χ4n) is 1.78. The first-order valence-corrected chi connectivity index (χ1v) is 4.82. The molecule has 0 aromatic heterocycles. The summed E-state index contributed by atoms with van der Waals surface area (Å²) >= 11 is 0. The molecule has 4 nitrogen and oxygen atoms in total. The van der Waals surface area contributed by atoms with Crippen LogP contribution in [0.1, 0.15) is 25.7 Å². The maximum Gasteiger partial charge on any atom is 0.471 e. The number of hydrogen-bond donors (Lipinski definition) is 2. The molecule has 0 aliphatic heterocycles. The predicted molar refractivity (Wildman–Crippen MR) is 47.6 cm³/mol. The second-order valence-electron chi connectivity index (χ2n) is 4.10. The Morgan fingerprint density at radius 3 is 2.19 bits per heavy atom. The van der Waals surface area contributed by atoms with Crippen molar-refractivity contribution in [2.75, 3.05) is 6.54 Å². The highest BCUT2D eigenvalue weighted by atomic mass is 19.4. The molecule has 1 fully saturated rings. The summed E-state index contributed by atoms with van der Waals surface area (Å²) in [5.74, 6) is -3.06. The van der Waals surface area contributed by atoms with Crippen LogP contribution in [0.4, 0.5) is 13.2 Å². The fourth-order valence-corrected chi connectivity index (χ4v) is 1.78. The van der Waals surface area contributed by atoms with Gasteiger partial charge in [-0.05, 0) is 18.3 Å². The van der Waals surface area contributed by atoms with Gasteiger partial charge in [-0.25, -0.2) is 0 Å². The van der Waals surface area contributed by atoms with Crippen LogP contribution in [-0.4, -0.2) is 29.7 Å². The second-order valence-corrected chi connectivity index (χ2v) is 4.10. The molecular weight excluding hydrogens is 227 g/mol. The number of nitrogens with one attached hydrogen (secondary N) is 1. The third-order valence-electron chi connectivity index (χ3n) is 2.82. The lowest BCUT2D eigenvalue weighted by Gasteiger charge is -2.40. The van der Waals surface area contributed by atoms with Crippen LogP contribution in [0, 0.1) is 5.41 Å². The number of rotatable bonds is 4. The number of alkyl halides is 3. The van der Waals surface area contributed by atoms with Gasteiger partial charge in [-0.15, -0.1) is 0 Å². The minimum Gasteiger partial charge on any atom is -0.481 e. The van der Waals surface area contributed by atoms with E-state index in [0.29, 0.717) is 12.8 Å². The molecule has 92 valence electrons. The van der Waals surface area contributed by atoms with Gasteiger partial charge in [0.15, 0.2) is 0 Å². The first-order chi connectivity index (χ1) is 7.25. The van der Waals surface area contributed by atoms with E-state index in [1.807, 2.05) is 0 Å². The van der Waals surface area contributed by atoms with E-state index < -0.39 is 23.5 Å². The first-order valence-electron chi connectivity index (χ1n) is 4.82. The molecule has 1 amide bonds. The van der Waals surface area contributed by atoms with Gasteiger partial charge in [0.25, 0.3) is 0 Å². The summed E-state index contributed by atoms with van der Waals surface area (Å²) in [4.78, 5) is 21.1. The molecule has 0 aromatic rings. The van der Waals surface area contributed by atoms with Crippen molar-refractivity contribution in [2.45, 2.75) is 31.9 Å². The summed E-state index contributed by atoms with van der Waals surface area (Å²) in [6.07, 6.45) is -3.25. The Morgan fingerprint density at radius 1 is 1.31 bits per heavy atom. The van der Waals surface area contributed by atoms with Crippen molar-refractivity contribution in [2.24, 2.45) is 5.41 Å². The van der Waals surface area contributed by atoms with Crippen molar-refractivity contribution >= 4 is 11.9 Å². The molecule has 0 saturated heterocycles. The lowest BCUT2D eigenvalue weighted by Crippen LogP contribution is -2.47. The number of carbonyl (C=O) groups is 2. The monoisotopic (exact) mass is 239 g/mol. The van der Waals surface area contributed by atoms with Crippen LogP contribution < -0.4 is 5.32 Å². The van der Waals surface area contributed by atoms with Gasteiger partial charge in [0.05, 0.1) is 6.42 Å². The number of halogens is 3. The lowest BCUT2D eigenvalue weighted by molar-refractivity contribution is -0.174. The fraction of sp³-hybridized carbons (Fsp3) is 0.778. The largest absolute Gasteiger partial charge is 0.481 e. The van der Waals surface area contributed by atoms with Crippen molar-refractivity contribution in [3.05, 3.63) is 0 Å². The van der Waals surface area contributed by atoms with E-state index in [2.05, 4.69) is 0 Å². The molecule has 0 unspecified atom stereocenters. The van der Waals surface area contributed by atoms with Crippen LogP contribution in [0.15, 0.2) is 0 Å². The van der Waals surface area contributed by atoms with E-state index in [1.54, 1.807) is 5.32 Å². The Balaban J connectivity index is 2.46. The quantitative estimate of drug-likeness (QED) is 0.777.